The minimum atomic E-state index is -0.291. The van der Waals surface area contributed by atoms with Crippen molar-refractivity contribution in [2.24, 2.45) is 5.41 Å². The van der Waals surface area contributed by atoms with Gasteiger partial charge in [0, 0.05) is 15.6 Å². The largest absolute Gasteiger partial charge is 0.325 e. The number of benzene rings is 1. The van der Waals surface area contributed by atoms with Crippen LogP contribution in [0.4, 0.5) is 5.69 Å². The number of fused-ring (bicyclic) bond motifs is 1. The van der Waals surface area contributed by atoms with Crippen molar-refractivity contribution in [3.8, 4) is 0 Å². The second-order valence-corrected chi connectivity index (χ2v) is 5.23. The molecule has 2 nitrogen and oxygen atoms in total. The van der Waals surface area contributed by atoms with Crippen molar-refractivity contribution in [3.63, 3.8) is 0 Å². The van der Waals surface area contributed by atoms with E-state index in [9.17, 15) is 4.79 Å². The third-order valence-corrected chi connectivity index (χ3v) is 3.06. The molecule has 1 amide bonds. The highest BCUT2D eigenvalue weighted by Gasteiger charge is 2.33. The smallest absolute Gasteiger partial charge is 0.230 e. The molecule has 1 aliphatic rings. The van der Waals surface area contributed by atoms with Crippen molar-refractivity contribution in [2.45, 2.75) is 20.3 Å². The molecule has 1 heterocycles. The van der Waals surface area contributed by atoms with Gasteiger partial charge in [-0.05, 0) is 24.1 Å². The third kappa shape index (κ3) is 1.57. The van der Waals surface area contributed by atoms with Gasteiger partial charge in [-0.3, -0.25) is 4.79 Å². The molecule has 0 aromatic heterocycles. The molecule has 0 atom stereocenters. The van der Waals surface area contributed by atoms with Crippen molar-refractivity contribution in [1.82, 2.24) is 0 Å². The lowest BCUT2D eigenvalue weighted by molar-refractivity contribution is -0.124. The predicted molar refractivity (Wildman–Crippen MR) is 60.3 cm³/mol. The maximum absolute atomic E-state index is 11.7. The molecule has 14 heavy (non-hydrogen) atoms. The summed E-state index contributed by atoms with van der Waals surface area (Å²) in [6.07, 6.45) is 0.807. The van der Waals surface area contributed by atoms with E-state index in [0.29, 0.717) is 0 Å². The van der Waals surface area contributed by atoms with Gasteiger partial charge in [0.2, 0.25) is 5.91 Å². The number of amides is 1. The van der Waals surface area contributed by atoms with Crippen LogP contribution in [0.3, 0.4) is 0 Å². The number of carbonyl (C=O) groups is 1. The first-order valence-corrected chi connectivity index (χ1v) is 5.38. The first-order valence-electron chi connectivity index (χ1n) is 4.59. The zero-order valence-electron chi connectivity index (χ0n) is 8.23. The van der Waals surface area contributed by atoms with E-state index >= 15 is 0 Å². The molecule has 0 bridgehead atoms. The fourth-order valence-electron chi connectivity index (χ4n) is 1.67. The average molecular weight is 254 g/mol. The van der Waals surface area contributed by atoms with Crippen molar-refractivity contribution in [3.05, 3.63) is 28.2 Å². The molecule has 0 fully saturated rings. The Morgan fingerprint density at radius 3 is 2.86 bits per heavy atom. The molecule has 0 saturated carbocycles. The predicted octanol–water partition coefficient (Wildman–Crippen LogP) is 2.97. The zero-order chi connectivity index (χ0) is 10.3. The number of hydrogen-bond acceptors (Lipinski definition) is 1. The molecule has 74 valence electrons. The highest BCUT2D eigenvalue weighted by atomic mass is 79.9. The van der Waals surface area contributed by atoms with Crippen LogP contribution in [-0.2, 0) is 11.2 Å². The molecule has 2 rings (SSSR count). The fourth-order valence-corrected chi connectivity index (χ4v) is 2.03. The van der Waals surface area contributed by atoms with E-state index in [2.05, 4.69) is 27.3 Å². The molecule has 3 heteroatoms. The van der Waals surface area contributed by atoms with Gasteiger partial charge in [0.05, 0.1) is 0 Å². The lowest BCUT2D eigenvalue weighted by Crippen LogP contribution is -2.36. The second kappa shape index (κ2) is 3.09. The molecular weight excluding hydrogens is 242 g/mol. The van der Waals surface area contributed by atoms with Crippen molar-refractivity contribution < 1.29 is 4.79 Å². The van der Waals surface area contributed by atoms with Gasteiger partial charge in [0.15, 0.2) is 0 Å². The number of nitrogens with one attached hydrogen (secondary N) is 1. The standard InChI is InChI=1S/C11H12BrNO/c1-11(2)6-7-3-4-8(12)5-9(7)13-10(11)14/h3-5H,6H2,1-2H3,(H,13,14). The molecule has 0 aliphatic carbocycles. The SMILES string of the molecule is CC1(C)Cc2ccc(Br)cc2NC1=O. The maximum atomic E-state index is 11.7. The van der Waals surface area contributed by atoms with Crippen LogP contribution in [0.15, 0.2) is 22.7 Å². The van der Waals surface area contributed by atoms with E-state index in [1.807, 2.05) is 26.0 Å². The molecule has 1 aromatic rings. The van der Waals surface area contributed by atoms with E-state index in [1.54, 1.807) is 0 Å². The molecule has 1 aromatic carbocycles. The molecule has 0 unspecified atom stereocenters. The van der Waals surface area contributed by atoms with E-state index in [4.69, 9.17) is 0 Å². The van der Waals surface area contributed by atoms with E-state index in [0.717, 1.165) is 16.6 Å². The van der Waals surface area contributed by atoms with Crippen LogP contribution in [0.2, 0.25) is 0 Å². The van der Waals surface area contributed by atoms with Crippen LogP contribution < -0.4 is 5.32 Å². The van der Waals surface area contributed by atoms with Gasteiger partial charge in [0.1, 0.15) is 0 Å². The van der Waals surface area contributed by atoms with Gasteiger partial charge in [-0.2, -0.15) is 0 Å². The van der Waals surface area contributed by atoms with Gasteiger partial charge in [-0.25, -0.2) is 0 Å². The Kier molecular flexibility index (Phi) is 2.14. The molecule has 0 radical (unpaired) electrons. The van der Waals surface area contributed by atoms with Crippen molar-refractivity contribution in [2.75, 3.05) is 5.32 Å². The van der Waals surface area contributed by atoms with Gasteiger partial charge >= 0.3 is 0 Å². The Morgan fingerprint density at radius 2 is 2.14 bits per heavy atom. The highest BCUT2D eigenvalue weighted by Crippen LogP contribution is 2.34. The lowest BCUT2D eigenvalue weighted by atomic mass is 9.81. The summed E-state index contributed by atoms with van der Waals surface area (Å²) in [5.41, 5.74) is 1.85. The molecule has 1 aliphatic heterocycles. The van der Waals surface area contributed by atoms with Gasteiger partial charge in [-0.1, -0.05) is 35.8 Å². The molecule has 0 saturated heterocycles. The lowest BCUT2D eigenvalue weighted by Gasteiger charge is -2.30. The zero-order valence-corrected chi connectivity index (χ0v) is 9.81. The van der Waals surface area contributed by atoms with E-state index in [1.165, 1.54) is 5.56 Å². The van der Waals surface area contributed by atoms with Gasteiger partial charge in [0.25, 0.3) is 0 Å². The Labute approximate surface area is 91.8 Å². The fraction of sp³-hybridized carbons (Fsp3) is 0.364. The summed E-state index contributed by atoms with van der Waals surface area (Å²) in [7, 11) is 0. The summed E-state index contributed by atoms with van der Waals surface area (Å²) in [5, 5.41) is 2.92. The Morgan fingerprint density at radius 1 is 1.43 bits per heavy atom. The van der Waals surface area contributed by atoms with E-state index < -0.39 is 0 Å². The average Bonchev–Trinajstić information content (AvgIpc) is 2.08. The quantitative estimate of drug-likeness (QED) is 0.757. The first-order chi connectivity index (χ1) is 6.49. The summed E-state index contributed by atoms with van der Waals surface area (Å²) in [6.45, 7) is 3.93. The van der Waals surface area contributed by atoms with Gasteiger partial charge in [-0.15, -0.1) is 0 Å². The Bertz CT molecular complexity index is 398. The minimum absolute atomic E-state index is 0.100. The summed E-state index contributed by atoms with van der Waals surface area (Å²) < 4.78 is 0.997. The number of anilines is 1. The van der Waals surface area contributed by atoms with Crippen LogP contribution in [0.1, 0.15) is 19.4 Å². The normalized spacial score (nSPS) is 18.6. The topological polar surface area (TPSA) is 29.1 Å². The van der Waals surface area contributed by atoms with Crippen LogP contribution in [0.5, 0.6) is 0 Å². The number of halogens is 1. The Hall–Kier alpha value is -0.830. The summed E-state index contributed by atoms with van der Waals surface area (Å²) in [5.74, 6) is 0.100. The first kappa shape index (κ1) is 9.71. The highest BCUT2D eigenvalue weighted by molar-refractivity contribution is 9.10. The molecular formula is C11H12BrNO. The summed E-state index contributed by atoms with van der Waals surface area (Å²) in [6, 6.07) is 6.01. The summed E-state index contributed by atoms with van der Waals surface area (Å²) in [4.78, 5) is 11.7. The monoisotopic (exact) mass is 253 g/mol. The number of hydrogen-bond donors (Lipinski definition) is 1. The van der Waals surface area contributed by atoms with Crippen LogP contribution in [-0.4, -0.2) is 5.91 Å². The number of carbonyl (C=O) groups excluding carboxylic acids is 1. The van der Waals surface area contributed by atoms with Crippen LogP contribution in [0, 0.1) is 5.41 Å². The minimum Gasteiger partial charge on any atom is -0.325 e. The maximum Gasteiger partial charge on any atom is 0.230 e. The van der Waals surface area contributed by atoms with Crippen molar-refractivity contribution >= 4 is 27.5 Å². The summed E-state index contributed by atoms with van der Waals surface area (Å²) >= 11 is 3.39. The van der Waals surface area contributed by atoms with E-state index in [-0.39, 0.29) is 11.3 Å². The molecule has 0 spiro atoms. The second-order valence-electron chi connectivity index (χ2n) is 4.32. The van der Waals surface area contributed by atoms with Crippen molar-refractivity contribution in [1.29, 1.82) is 0 Å². The van der Waals surface area contributed by atoms with Crippen LogP contribution in [0.25, 0.3) is 0 Å². The van der Waals surface area contributed by atoms with Crippen LogP contribution >= 0.6 is 15.9 Å². The van der Waals surface area contributed by atoms with Gasteiger partial charge < -0.3 is 5.32 Å². The third-order valence-electron chi connectivity index (χ3n) is 2.57. The molecule has 1 N–H and O–H groups in total. The Balaban J connectivity index is 2.46. The number of rotatable bonds is 0.